The molecule has 2 aliphatic heterocycles. The fourth-order valence-electron chi connectivity index (χ4n) is 5.30. The Bertz CT molecular complexity index is 1210. The van der Waals surface area contributed by atoms with E-state index in [1.54, 1.807) is 42.5 Å². The summed E-state index contributed by atoms with van der Waals surface area (Å²) < 4.78 is 5.50. The molecule has 3 fully saturated rings. The van der Waals surface area contributed by atoms with E-state index in [0.29, 0.717) is 27.3 Å². The van der Waals surface area contributed by atoms with Gasteiger partial charge in [-0.1, -0.05) is 30.1 Å². The fourth-order valence-corrected chi connectivity index (χ4v) is 5.68. The zero-order chi connectivity index (χ0) is 24.9. The highest BCUT2D eigenvalue weighted by atomic mass is 35.5. The summed E-state index contributed by atoms with van der Waals surface area (Å²) in [6.45, 7) is 2.24. The molecule has 2 aromatic carbocycles. The normalized spacial score (nSPS) is 26.3. The van der Waals surface area contributed by atoms with Crippen molar-refractivity contribution in [2.24, 2.45) is 23.7 Å². The largest absolute Gasteiger partial charge is 0.426 e. The molecule has 182 valence electrons. The van der Waals surface area contributed by atoms with Crippen LogP contribution in [0.5, 0.6) is 5.75 Å². The standard InChI is InChI=1S/C26H24Cl2N2O5/c1-14-2-8-19-20(10-14)25(33)30(24(19)32)17-4-6-18(7-5-17)35-26(34)15-11-23(31)29(13-15)22-12-16(27)3-9-21(22)28/h3-7,9,12,14-15,19-20H,2,8,10-11,13H2,1H3/t14-,15+,19+,20+/m1/s1. The van der Waals surface area contributed by atoms with Crippen LogP contribution in [-0.4, -0.2) is 30.2 Å². The van der Waals surface area contributed by atoms with Crippen molar-refractivity contribution in [2.75, 3.05) is 16.3 Å². The van der Waals surface area contributed by atoms with Gasteiger partial charge in [0.05, 0.1) is 34.2 Å². The van der Waals surface area contributed by atoms with Crippen molar-refractivity contribution in [3.8, 4) is 5.75 Å². The highest BCUT2D eigenvalue weighted by molar-refractivity contribution is 6.36. The maximum absolute atomic E-state index is 12.9. The van der Waals surface area contributed by atoms with Crippen molar-refractivity contribution in [1.29, 1.82) is 0 Å². The summed E-state index contributed by atoms with van der Waals surface area (Å²) in [6.07, 6.45) is 2.42. The Morgan fingerprint density at radius 3 is 2.43 bits per heavy atom. The van der Waals surface area contributed by atoms with E-state index in [9.17, 15) is 19.2 Å². The molecule has 9 heteroatoms. The van der Waals surface area contributed by atoms with Crippen LogP contribution in [0.3, 0.4) is 0 Å². The summed E-state index contributed by atoms with van der Waals surface area (Å²) in [5.74, 6) is -1.54. The average Bonchev–Trinajstić information content (AvgIpc) is 3.33. The molecule has 2 heterocycles. The Morgan fingerprint density at radius 1 is 0.971 bits per heavy atom. The van der Waals surface area contributed by atoms with Gasteiger partial charge in [-0.3, -0.25) is 24.1 Å². The van der Waals surface area contributed by atoms with Gasteiger partial charge in [0, 0.05) is 18.0 Å². The zero-order valence-electron chi connectivity index (χ0n) is 19.1. The number of halogens is 2. The number of benzene rings is 2. The molecule has 1 saturated carbocycles. The average molecular weight is 515 g/mol. The van der Waals surface area contributed by atoms with Gasteiger partial charge in [0.1, 0.15) is 5.75 Å². The first-order valence-corrected chi connectivity index (χ1v) is 12.4. The van der Waals surface area contributed by atoms with Gasteiger partial charge >= 0.3 is 5.97 Å². The first-order valence-electron chi connectivity index (χ1n) is 11.7. The third kappa shape index (κ3) is 4.43. The molecule has 0 N–H and O–H groups in total. The van der Waals surface area contributed by atoms with Crippen LogP contribution in [0.15, 0.2) is 42.5 Å². The van der Waals surface area contributed by atoms with Crippen molar-refractivity contribution in [3.63, 3.8) is 0 Å². The number of carbonyl (C=O) groups is 4. The summed E-state index contributed by atoms with van der Waals surface area (Å²) in [7, 11) is 0. The van der Waals surface area contributed by atoms with Crippen LogP contribution in [0.4, 0.5) is 11.4 Å². The zero-order valence-corrected chi connectivity index (χ0v) is 20.6. The van der Waals surface area contributed by atoms with E-state index in [1.165, 1.54) is 9.80 Å². The predicted molar refractivity (Wildman–Crippen MR) is 131 cm³/mol. The van der Waals surface area contributed by atoms with Crippen LogP contribution in [-0.2, 0) is 19.2 Å². The minimum absolute atomic E-state index is 0.00224. The van der Waals surface area contributed by atoms with E-state index in [4.69, 9.17) is 27.9 Å². The van der Waals surface area contributed by atoms with E-state index in [1.807, 2.05) is 0 Å². The number of ether oxygens (including phenoxy) is 1. The van der Waals surface area contributed by atoms with E-state index < -0.39 is 11.9 Å². The Kier molecular flexibility index (Phi) is 6.32. The topological polar surface area (TPSA) is 84.0 Å². The molecule has 4 atom stereocenters. The predicted octanol–water partition coefficient (Wildman–Crippen LogP) is 4.88. The van der Waals surface area contributed by atoms with E-state index in [-0.39, 0.29) is 48.3 Å². The van der Waals surface area contributed by atoms with Crippen molar-refractivity contribution < 1.29 is 23.9 Å². The number of carbonyl (C=O) groups excluding carboxylic acids is 4. The Balaban J connectivity index is 1.25. The molecule has 2 saturated heterocycles. The molecule has 0 spiro atoms. The van der Waals surface area contributed by atoms with Gasteiger partial charge in [-0.05, 0) is 67.6 Å². The summed E-state index contributed by atoms with van der Waals surface area (Å²) in [6, 6.07) is 11.1. The van der Waals surface area contributed by atoms with Crippen LogP contribution in [0, 0.1) is 23.7 Å². The maximum Gasteiger partial charge on any atom is 0.316 e. The molecule has 2 aromatic rings. The number of imide groups is 1. The molecular weight excluding hydrogens is 491 g/mol. The summed E-state index contributed by atoms with van der Waals surface area (Å²) in [5, 5.41) is 0.805. The van der Waals surface area contributed by atoms with Crippen LogP contribution >= 0.6 is 23.2 Å². The first-order chi connectivity index (χ1) is 16.7. The van der Waals surface area contributed by atoms with Gasteiger partial charge in [0.15, 0.2) is 0 Å². The number of anilines is 2. The van der Waals surface area contributed by atoms with E-state index in [0.717, 1.165) is 19.3 Å². The van der Waals surface area contributed by atoms with Gasteiger partial charge in [-0.25, -0.2) is 0 Å². The lowest BCUT2D eigenvalue weighted by Crippen LogP contribution is -2.30. The quantitative estimate of drug-likeness (QED) is 0.330. The summed E-state index contributed by atoms with van der Waals surface area (Å²) in [5.41, 5.74) is 0.929. The van der Waals surface area contributed by atoms with Crippen molar-refractivity contribution in [1.82, 2.24) is 0 Å². The number of esters is 1. The van der Waals surface area contributed by atoms with Gasteiger partial charge in [0.2, 0.25) is 17.7 Å². The lowest BCUT2D eigenvalue weighted by molar-refractivity contribution is -0.139. The molecule has 0 bridgehead atoms. The third-order valence-corrected chi connectivity index (χ3v) is 7.71. The van der Waals surface area contributed by atoms with Crippen LogP contribution in [0.25, 0.3) is 0 Å². The molecule has 1 aliphatic carbocycles. The molecule has 7 nitrogen and oxygen atoms in total. The number of rotatable bonds is 4. The van der Waals surface area contributed by atoms with Crippen molar-refractivity contribution >= 4 is 58.3 Å². The van der Waals surface area contributed by atoms with E-state index in [2.05, 4.69) is 6.92 Å². The number of hydrogen-bond acceptors (Lipinski definition) is 5. The third-order valence-electron chi connectivity index (χ3n) is 7.16. The monoisotopic (exact) mass is 514 g/mol. The second-order valence-corrected chi connectivity index (χ2v) is 10.4. The lowest BCUT2D eigenvalue weighted by atomic mass is 9.76. The molecule has 3 amide bonds. The second-order valence-electron chi connectivity index (χ2n) is 9.56. The number of fused-ring (bicyclic) bond motifs is 1. The molecule has 0 unspecified atom stereocenters. The van der Waals surface area contributed by atoms with Crippen LogP contribution in [0.1, 0.15) is 32.6 Å². The van der Waals surface area contributed by atoms with Crippen LogP contribution in [0.2, 0.25) is 10.0 Å². The van der Waals surface area contributed by atoms with Gasteiger partial charge in [-0.2, -0.15) is 0 Å². The minimum atomic E-state index is -0.663. The Hall–Kier alpha value is -2.90. The number of amides is 3. The molecule has 0 aromatic heterocycles. The van der Waals surface area contributed by atoms with Gasteiger partial charge < -0.3 is 9.64 Å². The molecule has 35 heavy (non-hydrogen) atoms. The van der Waals surface area contributed by atoms with Crippen molar-refractivity contribution in [3.05, 3.63) is 52.5 Å². The Labute approximate surface area is 212 Å². The van der Waals surface area contributed by atoms with E-state index >= 15 is 0 Å². The SMILES string of the molecule is C[C@@H]1CC[C@@H]2C(=O)N(c3ccc(OC(=O)[C@H]4CC(=O)N(c5cc(Cl)ccc5Cl)C4)cc3)C(=O)[C@H]2C1. The summed E-state index contributed by atoms with van der Waals surface area (Å²) >= 11 is 12.2. The van der Waals surface area contributed by atoms with Crippen molar-refractivity contribution in [2.45, 2.75) is 32.6 Å². The van der Waals surface area contributed by atoms with Gasteiger partial charge in [0.25, 0.3) is 0 Å². The number of nitrogens with zero attached hydrogens (tertiary/aromatic N) is 2. The highest BCUT2D eigenvalue weighted by Crippen LogP contribution is 2.42. The number of hydrogen-bond donors (Lipinski definition) is 0. The first kappa shape index (κ1) is 23.8. The lowest BCUT2D eigenvalue weighted by Gasteiger charge is -2.25. The molecule has 3 aliphatic rings. The Morgan fingerprint density at radius 2 is 1.69 bits per heavy atom. The minimum Gasteiger partial charge on any atom is -0.426 e. The fraction of sp³-hybridized carbons (Fsp3) is 0.385. The summed E-state index contributed by atoms with van der Waals surface area (Å²) in [4.78, 5) is 53.8. The smallest absolute Gasteiger partial charge is 0.316 e. The van der Waals surface area contributed by atoms with Gasteiger partial charge in [-0.15, -0.1) is 0 Å². The maximum atomic E-state index is 12.9. The second kappa shape index (κ2) is 9.28. The molecule has 0 radical (unpaired) electrons. The molecular formula is C26H24Cl2N2O5. The van der Waals surface area contributed by atoms with Crippen LogP contribution < -0.4 is 14.5 Å². The molecule has 5 rings (SSSR count). The highest BCUT2D eigenvalue weighted by Gasteiger charge is 2.50.